The molecular weight excluding hydrogens is 246 g/mol. The summed E-state index contributed by atoms with van der Waals surface area (Å²) in [5, 5.41) is 3.69. The molecule has 0 fully saturated rings. The molecule has 1 heterocycles. The van der Waals surface area contributed by atoms with Crippen molar-refractivity contribution in [1.29, 1.82) is 0 Å². The first-order valence-electron chi connectivity index (χ1n) is 7.57. The van der Waals surface area contributed by atoms with E-state index in [1.165, 1.54) is 24.0 Å². The van der Waals surface area contributed by atoms with Crippen molar-refractivity contribution in [3.05, 3.63) is 59.5 Å². The average Bonchev–Trinajstić information content (AvgIpc) is 2.90. The number of benzene rings is 1. The van der Waals surface area contributed by atoms with E-state index >= 15 is 0 Å². The van der Waals surface area contributed by atoms with Gasteiger partial charge in [0.25, 0.3) is 0 Å². The molecule has 0 saturated heterocycles. The van der Waals surface area contributed by atoms with Crippen molar-refractivity contribution in [2.75, 3.05) is 0 Å². The Bertz CT molecular complexity index is 499. The second kappa shape index (κ2) is 7.30. The van der Waals surface area contributed by atoms with E-state index in [-0.39, 0.29) is 0 Å². The molecule has 20 heavy (non-hydrogen) atoms. The molecule has 1 N–H and O–H groups in total. The molecule has 0 radical (unpaired) electrons. The summed E-state index contributed by atoms with van der Waals surface area (Å²) in [6, 6.07) is 13.1. The van der Waals surface area contributed by atoms with E-state index in [1.807, 2.05) is 6.07 Å². The van der Waals surface area contributed by atoms with Crippen LogP contribution in [0.25, 0.3) is 0 Å². The zero-order valence-corrected chi connectivity index (χ0v) is 12.7. The highest BCUT2D eigenvalue weighted by Gasteiger charge is 2.20. The molecule has 0 amide bonds. The van der Waals surface area contributed by atoms with Crippen molar-refractivity contribution < 1.29 is 4.42 Å². The van der Waals surface area contributed by atoms with Crippen molar-refractivity contribution in [2.24, 2.45) is 5.92 Å². The minimum atomic E-state index is 0.385. The second-order valence-electron chi connectivity index (χ2n) is 5.37. The summed E-state index contributed by atoms with van der Waals surface area (Å²) in [5.41, 5.74) is 2.58. The van der Waals surface area contributed by atoms with Gasteiger partial charge in [0.2, 0.25) is 0 Å². The van der Waals surface area contributed by atoms with Crippen LogP contribution in [0.1, 0.15) is 49.6 Å². The summed E-state index contributed by atoms with van der Waals surface area (Å²) in [7, 11) is 0. The third-order valence-electron chi connectivity index (χ3n) is 4.13. The molecule has 2 rings (SSSR count). The SMILES string of the molecule is CCC(CC)C(NCc1occc1C)c1ccccc1. The number of furan rings is 1. The molecule has 1 unspecified atom stereocenters. The summed E-state index contributed by atoms with van der Waals surface area (Å²) in [6.45, 7) is 7.41. The van der Waals surface area contributed by atoms with Crippen LogP contribution in [0.2, 0.25) is 0 Å². The maximum absolute atomic E-state index is 5.54. The lowest BCUT2D eigenvalue weighted by Crippen LogP contribution is -2.27. The van der Waals surface area contributed by atoms with Gasteiger partial charge < -0.3 is 9.73 Å². The highest BCUT2D eigenvalue weighted by atomic mass is 16.3. The molecule has 108 valence electrons. The Morgan fingerprint density at radius 2 is 1.75 bits per heavy atom. The van der Waals surface area contributed by atoms with Gasteiger partial charge in [-0.1, -0.05) is 57.0 Å². The Labute approximate surface area is 122 Å². The smallest absolute Gasteiger partial charge is 0.120 e. The average molecular weight is 271 g/mol. The van der Waals surface area contributed by atoms with E-state index in [0.717, 1.165) is 12.3 Å². The first-order chi connectivity index (χ1) is 9.76. The van der Waals surface area contributed by atoms with E-state index < -0.39 is 0 Å². The van der Waals surface area contributed by atoms with Gasteiger partial charge in [0.05, 0.1) is 12.8 Å². The molecule has 0 bridgehead atoms. The highest BCUT2D eigenvalue weighted by Crippen LogP contribution is 2.27. The van der Waals surface area contributed by atoms with Crippen molar-refractivity contribution in [3.63, 3.8) is 0 Å². The molecule has 2 nitrogen and oxygen atoms in total. The minimum absolute atomic E-state index is 0.385. The van der Waals surface area contributed by atoms with Crippen molar-refractivity contribution in [3.8, 4) is 0 Å². The highest BCUT2D eigenvalue weighted by molar-refractivity contribution is 5.20. The molecule has 0 aliphatic carbocycles. The third kappa shape index (κ3) is 3.51. The van der Waals surface area contributed by atoms with Gasteiger partial charge in [-0.15, -0.1) is 0 Å². The molecule has 0 spiro atoms. The van der Waals surface area contributed by atoms with Gasteiger partial charge in [0.1, 0.15) is 5.76 Å². The summed E-state index contributed by atoms with van der Waals surface area (Å²) in [5.74, 6) is 1.68. The predicted octanol–water partition coefficient (Wildman–Crippen LogP) is 4.86. The Hall–Kier alpha value is -1.54. The molecule has 0 aliphatic rings. The van der Waals surface area contributed by atoms with Crippen LogP contribution in [0.3, 0.4) is 0 Å². The first-order valence-corrected chi connectivity index (χ1v) is 7.57. The second-order valence-corrected chi connectivity index (χ2v) is 5.37. The standard InChI is InChI=1S/C18H25NO/c1-4-15(5-2)18(16-9-7-6-8-10-16)19-13-17-14(3)11-12-20-17/h6-12,15,18-19H,4-5,13H2,1-3H3. The number of hydrogen-bond donors (Lipinski definition) is 1. The van der Waals surface area contributed by atoms with Crippen LogP contribution in [-0.4, -0.2) is 0 Å². The fourth-order valence-corrected chi connectivity index (χ4v) is 2.76. The molecule has 1 aromatic carbocycles. The molecule has 2 heteroatoms. The van der Waals surface area contributed by atoms with Gasteiger partial charge in [-0.3, -0.25) is 0 Å². The summed E-state index contributed by atoms with van der Waals surface area (Å²) in [6.07, 6.45) is 4.13. The van der Waals surface area contributed by atoms with E-state index in [4.69, 9.17) is 4.42 Å². The topological polar surface area (TPSA) is 25.2 Å². The Kier molecular flexibility index (Phi) is 5.42. The predicted molar refractivity (Wildman–Crippen MR) is 83.5 cm³/mol. The van der Waals surface area contributed by atoms with Crippen molar-refractivity contribution in [1.82, 2.24) is 5.32 Å². The van der Waals surface area contributed by atoms with Crippen LogP contribution < -0.4 is 5.32 Å². The van der Waals surface area contributed by atoms with Crippen LogP contribution in [0, 0.1) is 12.8 Å². The lowest BCUT2D eigenvalue weighted by Gasteiger charge is -2.27. The van der Waals surface area contributed by atoms with Gasteiger partial charge in [-0.2, -0.15) is 0 Å². The van der Waals surface area contributed by atoms with Gasteiger partial charge in [-0.05, 0) is 30.0 Å². The fourth-order valence-electron chi connectivity index (χ4n) is 2.76. The Morgan fingerprint density at radius 3 is 2.30 bits per heavy atom. The first kappa shape index (κ1) is 14.9. The van der Waals surface area contributed by atoms with Crippen molar-refractivity contribution in [2.45, 2.75) is 46.2 Å². The van der Waals surface area contributed by atoms with Gasteiger partial charge >= 0.3 is 0 Å². The zero-order chi connectivity index (χ0) is 14.4. The van der Waals surface area contributed by atoms with E-state index in [0.29, 0.717) is 12.0 Å². The van der Waals surface area contributed by atoms with Crippen molar-refractivity contribution >= 4 is 0 Å². The third-order valence-corrected chi connectivity index (χ3v) is 4.13. The summed E-state index contributed by atoms with van der Waals surface area (Å²) >= 11 is 0. The molecular formula is C18H25NO. The summed E-state index contributed by atoms with van der Waals surface area (Å²) < 4.78 is 5.54. The van der Waals surface area contributed by atoms with Crippen LogP contribution in [0.4, 0.5) is 0 Å². The fraction of sp³-hybridized carbons (Fsp3) is 0.444. The lowest BCUT2D eigenvalue weighted by atomic mass is 9.89. The van der Waals surface area contributed by atoms with Crippen LogP contribution in [0.15, 0.2) is 47.1 Å². The number of aryl methyl sites for hydroxylation is 1. The van der Waals surface area contributed by atoms with E-state index in [1.54, 1.807) is 6.26 Å². The lowest BCUT2D eigenvalue weighted by molar-refractivity contribution is 0.327. The monoisotopic (exact) mass is 271 g/mol. The van der Waals surface area contributed by atoms with E-state index in [9.17, 15) is 0 Å². The maximum atomic E-state index is 5.54. The molecule has 0 saturated carbocycles. The van der Waals surface area contributed by atoms with Crippen LogP contribution >= 0.6 is 0 Å². The molecule has 0 aliphatic heterocycles. The number of nitrogens with one attached hydrogen (secondary N) is 1. The Morgan fingerprint density at radius 1 is 1.05 bits per heavy atom. The quantitative estimate of drug-likeness (QED) is 0.778. The number of rotatable bonds is 7. The minimum Gasteiger partial charge on any atom is -0.468 e. The van der Waals surface area contributed by atoms with E-state index in [2.05, 4.69) is 56.4 Å². The molecule has 1 atom stereocenters. The van der Waals surface area contributed by atoms with Gasteiger partial charge in [0.15, 0.2) is 0 Å². The molecule has 2 aromatic rings. The molecule has 1 aromatic heterocycles. The number of hydrogen-bond acceptors (Lipinski definition) is 2. The normalized spacial score (nSPS) is 12.8. The van der Waals surface area contributed by atoms with Crippen LogP contribution in [0.5, 0.6) is 0 Å². The van der Waals surface area contributed by atoms with Gasteiger partial charge in [0, 0.05) is 6.04 Å². The van der Waals surface area contributed by atoms with Gasteiger partial charge in [-0.25, -0.2) is 0 Å². The summed E-state index contributed by atoms with van der Waals surface area (Å²) in [4.78, 5) is 0. The van der Waals surface area contributed by atoms with Crippen LogP contribution in [-0.2, 0) is 6.54 Å². The zero-order valence-electron chi connectivity index (χ0n) is 12.7. The Balaban J connectivity index is 2.13. The largest absolute Gasteiger partial charge is 0.468 e. The maximum Gasteiger partial charge on any atom is 0.120 e.